The molecule has 0 saturated heterocycles. The second kappa shape index (κ2) is 11.2. The molecule has 0 aliphatic heterocycles. The van der Waals surface area contributed by atoms with Crippen molar-refractivity contribution in [2.24, 2.45) is 0 Å². The lowest BCUT2D eigenvalue weighted by atomic mass is 10.0. The van der Waals surface area contributed by atoms with Crippen molar-refractivity contribution >= 4 is 46.4 Å². The number of halogens is 1. The number of carbonyl (C=O) groups excluding carboxylic acids is 3. The van der Waals surface area contributed by atoms with E-state index in [1.807, 2.05) is 0 Å². The maximum atomic E-state index is 13.2. The molecule has 4 rings (SSSR count). The van der Waals surface area contributed by atoms with Gasteiger partial charge in [0.05, 0.1) is 11.4 Å². The van der Waals surface area contributed by atoms with E-state index in [9.17, 15) is 14.4 Å². The zero-order valence-electron chi connectivity index (χ0n) is 19.1. The zero-order valence-corrected chi connectivity index (χ0v) is 19.8. The molecule has 3 amide bonds. The Morgan fingerprint density at radius 2 is 1.28 bits per heavy atom. The number of rotatable bonds is 7. The first-order valence-electron chi connectivity index (χ1n) is 11.1. The molecule has 0 aliphatic carbocycles. The second-order valence-corrected chi connectivity index (χ2v) is 8.37. The minimum absolute atomic E-state index is 0.352. The average molecular weight is 499 g/mol. The minimum Gasteiger partial charge on any atom is -0.397 e. The van der Waals surface area contributed by atoms with Gasteiger partial charge in [-0.1, -0.05) is 54.1 Å². The first-order valence-corrected chi connectivity index (χ1v) is 11.5. The lowest BCUT2D eigenvalue weighted by Crippen LogP contribution is -2.37. The van der Waals surface area contributed by atoms with Crippen LogP contribution >= 0.6 is 11.6 Å². The van der Waals surface area contributed by atoms with Crippen LogP contribution in [0.15, 0.2) is 103 Å². The number of amides is 3. The molecule has 180 valence electrons. The van der Waals surface area contributed by atoms with Gasteiger partial charge in [-0.15, -0.1) is 0 Å². The van der Waals surface area contributed by atoms with E-state index in [4.69, 9.17) is 17.3 Å². The van der Waals surface area contributed by atoms with Crippen LogP contribution in [-0.4, -0.2) is 17.7 Å². The van der Waals surface area contributed by atoms with E-state index < -0.39 is 17.9 Å². The van der Waals surface area contributed by atoms with Crippen molar-refractivity contribution in [3.05, 3.63) is 125 Å². The number of carbonyl (C=O) groups is 3. The number of hydrogen-bond donors (Lipinski definition) is 4. The van der Waals surface area contributed by atoms with Crippen LogP contribution in [0.2, 0.25) is 5.02 Å². The molecule has 0 spiro atoms. The van der Waals surface area contributed by atoms with Gasteiger partial charge in [0.15, 0.2) is 0 Å². The van der Waals surface area contributed by atoms with Crippen molar-refractivity contribution in [1.29, 1.82) is 0 Å². The lowest BCUT2D eigenvalue weighted by molar-refractivity contribution is -0.118. The summed E-state index contributed by atoms with van der Waals surface area (Å²) < 4.78 is 0. The number of nitrogens with two attached hydrogens (primary N) is 1. The molecule has 0 saturated carbocycles. The molecular formula is C28H23ClN4O3. The van der Waals surface area contributed by atoms with Crippen molar-refractivity contribution in [1.82, 2.24) is 5.32 Å². The number of anilines is 3. The predicted molar refractivity (Wildman–Crippen MR) is 142 cm³/mol. The van der Waals surface area contributed by atoms with E-state index in [1.54, 1.807) is 103 Å². The third kappa shape index (κ3) is 6.08. The standard InChI is InChI=1S/C28H23ClN4O3/c29-21-14-16-22(17-15-21)31-28(36)25(33-27(35)19-6-2-1-3-7-19)18-10-12-20(13-11-18)26(34)32-24-9-5-4-8-23(24)30/h1-17,25H,30H2,(H,31,36)(H,32,34)(H,33,35). The molecule has 1 unspecified atom stereocenters. The highest BCUT2D eigenvalue weighted by atomic mass is 35.5. The maximum Gasteiger partial charge on any atom is 0.255 e. The van der Waals surface area contributed by atoms with Gasteiger partial charge in [0, 0.05) is 21.8 Å². The first-order chi connectivity index (χ1) is 17.4. The smallest absolute Gasteiger partial charge is 0.255 e. The van der Waals surface area contributed by atoms with Gasteiger partial charge in [-0.3, -0.25) is 14.4 Å². The molecule has 0 heterocycles. The van der Waals surface area contributed by atoms with Crippen molar-refractivity contribution in [2.45, 2.75) is 6.04 Å². The SMILES string of the molecule is Nc1ccccc1NC(=O)c1ccc(C(NC(=O)c2ccccc2)C(=O)Nc2ccc(Cl)cc2)cc1. The minimum atomic E-state index is -1.02. The molecule has 4 aromatic carbocycles. The van der Waals surface area contributed by atoms with Gasteiger partial charge in [0.25, 0.3) is 17.7 Å². The molecular weight excluding hydrogens is 476 g/mol. The summed E-state index contributed by atoms with van der Waals surface area (Å²) in [4.78, 5) is 38.8. The monoisotopic (exact) mass is 498 g/mol. The summed E-state index contributed by atoms with van der Waals surface area (Å²) in [5, 5.41) is 8.88. The third-order valence-corrected chi connectivity index (χ3v) is 5.65. The lowest BCUT2D eigenvalue weighted by Gasteiger charge is -2.19. The first kappa shape index (κ1) is 24.5. The van der Waals surface area contributed by atoms with Crippen molar-refractivity contribution in [2.75, 3.05) is 16.4 Å². The second-order valence-electron chi connectivity index (χ2n) is 7.93. The zero-order chi connectivity index (χ0) is 25.5. The predicted octanol–water partition coefficient (Wildman–Crippen LogP) is 5.28. The largest absolute Gasteiger partial charge is 0.397 e. The highest BCUT2D eigenvalue weighted by Crippen LogP contribution is 2.21. The van der Waals surface area contributed by atoms with Crippen molar-refractivity contribution < 1.29 is 14.4 Å². The van der Waals surface area contributed by atoms with E-state index in [2.05, 4.69) is 16.0 Å². The fraction of sp³-hybridized carbons (Fsp3) is 0.0357. The van der Waals surface area contributed by atoms with Crippen LogP contribution in [-0.2, 0) is 4.79 Å². The van der Waals surface area contributed by atoms with E-state index >= 15 is 0 Å². The summed E-state index contributed by atoms with van der Waals surface area (Å²) >= 11 is 5.93. The fourth-order valence-corrected chi connectivity index (χ4v) is 3.61. The molecule has 0 aliphatic rings. The molecule has 8 heteroatoms. The van der Waals surface area contributed by atoms with Crippen LogP contribution in [0, 0.1) is 0 Å². The fourth-order valence-electron chi connectivity index (χ4n) is 3.48. The van der Waals surface area contributed by atoms with Crippen LogP contribution in [0.4, 0.5) is 17.1 Å². The number of nitrogens with one attached hydrogen (secondary N) is 3. The topological polar surface area (TPSA) is 113 Å². The van der Waals surface area contributed by atoms with Gasteiger partial charge >= 0.3 is 0 Å². The van der Waals surface area contributed by atoms with E-state index in [1.165, 1.54) is 0 Å². The Labute approximate surface area is 213 Å². The summed E-state index contributed by atoms with van der Waals surface area (Å²) in [6, 6.07) is 27.6. The van der Waals surface area contributed by atoms with Crippen LogP contribution in [0.5, 0.6) is 0 Å². The van der Waals surface area contributed by atoms with Crippen molar-refractivity contribution in [3.8, 4) is 0 Å². The van der Waals surface area contributed by atoms with Gasteiger partial charge in [0.2, 0.25) is 0 Å². The van der Waals surface area contributed by atoms with E-state index in [0.717, 1.165) is 0 Å². The summed E-state index contributed by atoms with van der Waals surface area (Å²) in [5.74, 6) is -1.21. The van der Waals surface area contributed by atoms with E-state index in [-0.39, 0.29) is 5.91 Å². The normalized spacial score (nSPS) is 11.2. The molecule has 5 N–H and O–H groups in total. The summed E-state index contributed by atoms with van der Waals surface area (Å²) in [6.07, 6.45) is 0. The van der Waals surface area contributed by atoms with Crippen molar-refractivity contribution in [3.63, 3.8) is 0 Å². The van der Waals surface area contributed by atoms with Gasteiger partial charge in [-0.25, -0.2) is 0 Å². The number of hydrogen-bond acceptors (Lipinski definition) is 4. The highest BCUT2D eigenvalue weighted by molar-refractivity contribution is 6.30. The van der Waals surface area contributed by atoms with Crippen LogP contribution in [0.1, 0.15) is 32.3 Å². The Morgan fingerprint density at radius 1 is 0.667 bits per heavy atom. The third-order valence-electron chi connectivity index (χ3n) is 5.40. The quantitative estimate of drug-likeness (QED) is 0.259. The number of benzene rings is 4. The molecule has 0 aromatic heterocycles. The van der Waals surface area contributed by atoms with E-state index in [0.29, 0.717) is 38.8 Å². The van der Waals surface area contributed by atoms with Crippen LogP contribution in [0.3, 0.4) is 0 Å². The Hall–Kier alpha value is -4.62. The molecule has 0 fully saturated rings. The molecule has 0 bridgehead atoms. The summed E-state index contributed by atoms with van der Waals surface area (Å²) in [5.41, 5.74) is 8.67. The Bertz CT molecular complexity index is 1370. The van der Waals surface area contributed by atoms with Gasteiger partial charge in [-0.2, -0.15) is 0 Å². The Kier molecular flexibility index (Phi) is 7.63. The average Bonchev–Trinajstić information content (AvgIpc) is 2.90. The molecule has 36 heavy (non-hydrogen) atoms. The van der Waals surface area contributed by atoms with Gasteiger partial charge in [-0.05, 0) is 66.2 Å². The van der Waals surface area contributed by atoms with Gasteiger partial charge in [0.1, 0.15) is 6.04 Å². The Morgan fingerprint density at radius 3 is 1.94 bits per heavy atom. The van der Waals surface area contributed by atoms with Crippen LogP contribution < -0.4 is 21.7 Å². The molecule has 1 atom stereocenters. The number of para-hydroxylation sites is 2. The summed E-state index contributed by atoms with van der Waals surface area (Å²) in [7, 11) is 0. The number of nitrogen functional groups attached to an aromatic ring is 1. The van der Waals surface area contributed by atoms with Gasteiger partial charge < -0.3 is 21.7 Å². The molecule has 7 nitrogen and oxygen atoms in total. The van der Waals surface area contributed by atoms with Crippen LogP contribution in [0.25, 0.3) is 0 Å². The maximum absolute atomic E-state index is 13.2. The Balaban J connectivity index is 1.56. The molecule has 0 radical (unpaired) electrons. The summed E-state index contributed by atoms with van der Waals surface area (Å²) in [6.45, 7) is 0. The molecule has 4 aromatic rings. The highest BCUT2D eigenvalue weighted by Gasteiger charge is 2.24.